The van der Waals surface area contributed by atoms with Crippen molar-refractivity contribution < 1.29 is 9.72 Å². The fourth-order valence-corrected chi connectivity index (χ4v) is 4.73. The van der Waals surface area contributed by atoms with Crippen molar-refractivity contribution in [2.24, 2.45) is 5.92 Å². The van der Waals surface area contributed by atoms with Crippen LogP contribution in [0.2, 0.25) is 0 Å². The third-order valence-corrected chi connectivity index (χ3v) is 6.63. The monoisotopic (exact) mass is 419 g/mol. The highest BCUT2D eigenvalue weighted by Gasteiger charge is 2.26. The second-order valence-corrected chi connectivity index (χ2v) is 8.35. The van der Waals surface area contributed by atoms with E-state index in [9.17, 15) is 14.9 Å². The van der Waals surface area contributed by atoms with E-state index in [1.807, 2.05) is 0 Å². The van der Waals surface area contributed by atoms with Crippen LogP contribution in [0.25, 0.3) is 10.2 Å². The third kappa shape index (κ3) is 5.42. The van der Waals surface area contributed by atoms with Gasteiger partial charge in [0.1, 0.15) is 0 Å². The van der Waals surface area contributed by atoms with E-state index in [0.717, 1.165) is 73.9 Å². The van der Waals surface area contributed by atoms with Crippen LogP contribution in [0.15, 0.2) is 18.2 Å². The van der Waals surface area contributed by atoms with Crippen molar-refractivity contribution in [3.05, 3.63) is 28.3 Å². The Labute approximate surface area is 175 Å². The number of benzene rings is 1. The molecule has 2 aromatic rings. The van der Waals surface area contributed by atoms with Crippen molar-refractivity contribution in [2.45, 2.75) is 33.1 Å². The summed E-state index contributed by atoms with van der Waals surface area (Å²) in [5.74, 6) is 0.208. The molecule has 3 rings (SSSR count). The molecule has 1 aliphatic rings. The molecule has 8 nitrogen and oxygen atoms in total. The number of fused-ring (bicyclic) bond motifs is 1. The molecule has 1 amide bonds. The van der Waals surface area contributed by atoms with E-state index in [0.29, 0.717) is 0 Å². The Kier molecular flexibility index (Phi) is 7.38. The summed E-state index contributed by atoms with van der Waals surface area (Å²) in [4.78, 5) is 32.2. The van der Waals surface area contributed by atoms with Crippen molar-refractivity contribution in [1.29, 1.82) is 0 Å². The molecule has 1 N–H and O–H groups in total. The van der Waals surface area contributed by atoms with Crippen LogP contribution in [0.3, 0.4) is 0 Å². The predicted octanol–water partition coefficient (Wildman–Crippen LogP) is 3.27. The number of non-ortho nitro benzene ring substituents is 1. The first-order valence-corrected chi connectivity index (χ1v) is 11.1. The second-order valence-electron chi connectivity index (χ2n) is 7.34. The SMILES string of the molecule is CCN(CC)CCCNC(=O)C1CCN(c2nc3ccc([N+](=O)[O-])cc3s2)CC1. The molecule has 158 valence electrons. The van der Waals surface area contributed by atoms with Gasteiger partial charge in [0, 0.05) is 37.7 Å². The molecular formula is C20H29N5O3S. The lowest BCUT2D eigenvalue weighted by atomic mass is 9.96. The lowest BCUT2D eigenvalue weighted by Crippen LogP contribution is -2.41. The van der Waals surface area contributed by atoms with Gasteiger partial charge in [-0.1, -0.05) is 25.2 Å². The third-order valence-electron chi connectivity index (χ3n) is 5.55. The zero-order valence-corrected chi connectivity index (χ0v) is 17.9. The van der Waals surface area contributed by atoms with Gasteiger partial charge >= 0.3 is 0 Å². The topological polar surface area (TPSA) is 91.6 Å². The number of carbonyl (C=O) groups is 1. The number of thiazole rings is 1. The van der Waals surface area contributed by atoms with E-state index >= 15 is 0 Å². The number of aromatic nitrogens is 1. The number of anilines is 1. The molecule has 0 spiro atoms. The van der Waals surface area contributed by atoms with E-state index in [2.05, 4.69) is 33.9 Å². The largest absolute Gasteiger partial charge is 0.356 e. The van der Waals surface area contributed by atoms with Crippen LogP contribution in [0.4, 0.5) is 10.8 Å². The lowest BCUT2D eigenvalue weighted by molar-refractivity contribution is -0.384. The minimum atomic E-state index is -0.384. The Morgan fingerprint density at radius 2 is 2.07 bits per heavy atom. The average Bonchev–Trinajstić information content (AvgIpc) is 3.17. The molecule has 1 aliphatic heterocycles. The van der Waals surface area contributed by atoms with Crippen LogP contribution < -0.4 is 10.2 Å². The highest BCUT2D eigenvalue weighted by atomic mass is 32.1. The zero-order chi connectivity index (χ0) is 20.8. The van der Waals surface area contributed by atoms with E-state index in [-0.39, 0.29) is 22.4 Å². The maximum absolute atomic E-state index is 12.4. The van der Waals surface area contributed by atoms with Crippen LogP contribution in [0.5, 0.6) is 0 Å². The molecule has 0 unspecified atom stereocenters. The fourth-order valence-electron chi connectivity index (χ4n) is 3.68. The van der Waals surface area contributed by atoms with Gasteiger partial charge in [0.2, 0.25) is 5.91 Å². The smallest absolute Gasteiger partial charge is 0.270 e. The van der Waals surface area contributed by atoms with Crippen LogP contribution in [-0.2, 0) is 4.79 Å². The molecule has 9 heteroatoms. The molecule has 1 aromatic heterocycles. The van der Waals surface area contributed by atoms with E-state index in [1.165, 1.54) is 17.4 Å². The maximum Gasteiger partial charge on any atom is 0.270 e. The van der Waals surface area contributed by atoms with Crippen molar-refractivity contribution in [1.82, 2.24) is 15.2 Å². The summed E-state index contributed by atoms with van der Waals surface area (Å²) in [6.07, 6.45) is 2.58. The number of piperidine rings is 1. The number of rotatable bonds is 9. The molecule has 1 saturated heterocycles. The fraction of sp³-hybridized carbons (Fsp3) is 0.600. The number of amides is 1. The highest BCUT2D eigenvalue weighted by molar-refractivity contribution is 7.22. The van der Waals surface area contributed by atoms with Crippen LogP contribution in [0.1, 0.15) is 33.1 Å². The Balaban J connectivity index is 1.48. The number of nitrogens with zero attached hydrogens (tertiary/aromatic N) is 4. The van der Waals surface area contributed by atoms with Gasteiger partial charge < -0.3 is 15.1 Å². The van der Waals surface area contributed by atoms with Gasteiger partial charge in [-0.25, -0.2) is 4.98 Å². The summed E-state index contributed by atoms with van der Waals surface area (Å²) >= 11 is 1.47. The summed E-state index contributed by atoms with van der Waals surface area (Å²) in [5.41, 5.74) is 0.868. The average molecular weight is 420 g/mol. The number of hydrogen-bond acceptors (Lipinski definition) is 7. The van der Waals surface area contributed by atoms with Crippen LogP contribution in [-0.4, -0.2) is 60.0 Å². The summed E-state index contributed by atoms with van der Waals surface area (Å²) in [6, 6.07) is 4.77. The van der Waals surface area contributed by atoms with E-state index in [4.69, 9.17) is 0 Å². The molecule has 29 heavy (non-hydrogen) atoms. The van der Waals surface area contributed by atoms with Crippen molar-refractivity contribution in [2.75, 3.05) is 44.2 Å². The summed E-state index contributed by atoms with van der Waals surface area (Å²) < 4.78 is 0.822. The van der Waals surface area contributed by atoms with Gasteiger partial charge in [0.25, 0.3) is 5.69 Å². The van der Waals surface area contributed by atoms with Gasteiger partial charge in [-0.15, -0.1) is 0 Å². The minimum Gasteiger partial charge on any atom is -0.356 e. The zero-order valence-electron chi connectivity index (χ0n) is 17.1. The van der Waals surface area contributed by atoms with Crippen LogP contribution in [0, 0.1) is 16.0 Å². The minimum absolute atomic E-state index is 0.0511. The molecule has 0 bridgehead atoms. The molecule has 1 fully saturated rings. The van der Waals surface area contributed by atoms with E-state index < -0.39 is 0 Å². The van der Waals surface area contributed by atoms with Crippen LogP contribution >= 0.6 is 11.3 Å². The molecule has 0 atom stereocenters. The molecule has 0 aliphatic carbocycles. The lowest BCUT2D eigenvalue weighted by Gasteiger charge is -2.31. The maximum atomic E-state index is 12.4. The van der Waals surface area contributed by atoms with Crippen molar-refractivity contribution in [3.8, 4) is 0 Å². The first-order valence-electron chi connectivity index (χ1n) is 10.3. The number of nitro groups is 1. The number of carbonyl (C=O) groups excluding carboxylic acids is 1. The normalized spacial score (nSPS) is 15.2. The first-order chi connectivity index (χ1) is 14.0. The van der Waals surface area contributed by atoms with Gasteiger partial charge in [-0.05, 0) is 45.0 Å². The Bertz CT molecular complexity index is 844. The molecule has 1 aromatic carbocycles. The van der Waals surface area contributed by atoms with Crippen molar-refractivity contribution >= 4 is 38.3 Å². The molecular weight excluding hydrogens is 390 g/mol. The number of hydrogen-bond donors (Lipinski definition) is 1. The van der Waals surface area contributed by atoms with Crippen molar-refractivity contribution in [3.63, 3.8) is 0 Å². The molecule has 0 radical (unpaired) electrons. The highest BCUT2D eigenvalue weighted by Crippen LogP contribution is 2.33. The molecule has 0 saturated carbocycles. The Hall–Kier alpha value is -2.26. The molecule has 2 heterocycles. The van der Waals surface area contributed by atoms with Gasteiger partial charge in [-0.3, -0.25) is 14.9 Å². The van der Waals surface area contributed by atoms with Gasteiger partial charge in [0.15, 0.2) is 5.13 Å². The summed E-state index contributed by atoms with van der Waals surface area (Å²) in [5, 5.41) is 14.9. The summed E-state index contributed by atoms with van der Waals surface area (Å²) in [6.45, 7) is 9.70. The quantitative estimate of drug-likeness (QED) is 0.381. The Morgan fingerprint density at radius 1 is 1.34 bits per heavy atom. The van der Waals surface area contributed by atoms with E-state index in [1.54, 1.807) is 12.1 Å². The first kappa shape index (κ1) is 21.4. The number of nitro benzene ring substituents is 1. The second kappa shape index (κ2) is 9.98. The number of nitrogens with one attached hydrogen (secondary N) is 1. The predicted molar refractivity (Wildman–Crippen MR) is 117 cm³/mol. The van der Waals surface area contributed by atoms with Gasteiger partial charge in [0.05, 0.1) is 15.1 Å². The van der Waals surface area contributed by atoms with Gasteiger partial charge in [-0.2, -0.15) is 0 Å². The summed E-state index contributed by atoms with van der Waals surface area (Å²) in [7, 11) is 0. The standard InChI is InChI=1S/C20H29N5O3S/c1-3-23(4-2)11-5-10-21-19(26)15-8-12-24(13-9-15)20-22-17-7-6-16(25(27)28)14-18(17)29-20/h6-7,14-15H,3-5,8-13H2,1-2H3,(H,21,26). The Morgan fingerprint density at radius 3 is 2.72 bits per heavy atom.